The quantitative estimate of drug-likeness (QED) is 0.688. The highest BCUT2D eigenvalue weighted by Crippen LogP contribution is 2.32. The van der Waals surface area contributed by atoms with E-state index < -0.39 is 17.0 Å². The van der Waals surface area contributed by atoms with E-state index in [2.05, 4.69) is 0 Å². The molecule has 21 heavy (non-hydrogen) atoms. The summed E-state index contributed by atoms with van der Waals surface area (Å²) in [6.07, 6.45) is 0.0832. The highest BCUT2D eigenvalue weighted by atomic mass is 35.5. The zero-order valence-electron chi connectivity index (χ0n) is 12.2. The molecular formula is C17H17ClF2O. The molecule has 4 heteroatoms. The summed E-state index contributed by atoms with van der Waals surface area (Å²) in [4.78, 5) is 0. The third kappa shape index (κ3) is 3.73. The molecule has 0 N–H and O–H groups in total. The molecule has 0 aromatic heterocycles. The Kier molecular flexibility index (Phi) is 4.84. The van der Waals surface area contributed by atoms with E-state index in [1.165, 1.54) is 6.07 Å². The molecule has 0 saturated carbocycles. The van der Waals surface area contributed by atoms with Crippen molar-refractivity contribution < 1.29 is 13.5 Å². The summed E-state index contributed by atoms with van der Waals surface area (Å²) in [6, 6.07) is 9.47. The monoisotopic (exact) mass is 310 g/mol. The van der Waals surface area contributed by atoms with Gasteiger partial charge in [-0.3, -0.25) is 0 Å². The van der Waals surface area contributed by atoms with Crippen LogP contribution in [-0.2, 0) is 0 Å². The third-order valence-electron chi connectivity index (χ3n) is 3.10. The van der Waals surface area contributed by atoms with E-state index in [9.17, 15) is 8.78 Å². The zero-order chi connectivity index (χ0) is 15.6. The van der Waals surface area contributed by atoms with Crippen LogP contribution < -0.4 is 4.74 Å². The van der Waals surface area contributed by atoms with Gasteiger partial charge in [0.1, 0.15) is 17.4 Å². The molecule has 2 aromatic rings. The fourth-order valence-corrected chi connectivity index (χ4v) is 2.35. The molecule has 1 nitrogen and oxygen atoms in total. The van der Waals surface area contributed by atoms with Crippen LogP contribution in [0.5, 0.6) is 5.75 Å². The lowest BCUT2D eigenvalue weighted by atomic mass is 10.0. The summed E-state index contributed by atoms with van der Waals surface area (Å²) in [7, 11) is 0. The molecule has 2 rings (SSSR count). The molecule has 0 aliphatic carbocycles. The second kappa shape index (κ2) is 6.44. The number of halogens is 3. The molecule has 1 atom stereocenters. The molecule has 0 fully saturated rings. The molecule has 0 aliphatic heterocycles. The van der Waals surface area contributed by atoms with Gasteiger partial charge in [0.25, 0.3) is 0 Å². The van der Waals surface area contributed by atoms with Gasteiger partial charge < -0.3 is 4.74 Å². The van der Waals surface area contributed by atoms with Gasteiger partial charge in [0.15, 0.2) is 0 Å². The Balaban J connectivity index is 2.27. The number of hydrogen-bond donors (Lipinski definition) is 0. The lowest BCUT2D eigenvalue weighted by Crippen LogP contribution is -2.05. The summed E-state index contributed by atoms with van der Waals surface area (Å²) in [5.74, 6) is -0.477. The average molecular weight is 311 g/mol. The van der Waals surface area contributed by atoms with Crippen molar-refractivity contribution in [2.45, 2.75) is 32.3 Å². The number of aryl methyl sites for hydroxylation is 1. The van der Waals surface area contributed by atoms with Gasteiger partial charge in [-0.15, -0.1) is 11.6 Å². The van der Waals surface area contributed by atoms with Crippen LogP contribution in [0.15, 0.2) is 36.4 Å². The van der Waals surface area contributed by atoms with Gasteiger partial charge in [-0.05, 0) is 50.1 Å². The summed E-state index contributed by atoms with van der Waals surface area (Å²) < 4.78 is 32.7. The van der Waals surface area contributed by atoms with E-state index in [0.717, 1.165) is 17.4 Å². The zero-order valence-corrected chi connectivity index (χ0v) is 12.9. The lowest BCUT2D eigenvalue weighted by molar-refractivity contribution is 0.242. The van der Waals surface area contributed by atoms with Crippen LogP contribution in [0.1, 0.15) is 35.9 Å². The highest BCUT2D eigenvalue weighted by Gasteiger charge is 2.17. The third-order valence-corrected chi connectivity index (χ3v) is 3.58. The topological polar surface area (TPSA) is 9.23 Å². The number of rotatable bonds is 4. The molecule has 0 bridgehead atoms. The summed E-state index contributed by atoms with van der Waals surface area (Å²) >= 11 is 6.32. The first-order valence-corrected chi connectivity index (χ1v) is 7.18. The molecule has 112 valence electrons. The van der Waals surface area contributed by atoms with Gasteiger partial charge in [0, 0.05) is 11.6 Å². The van der Waals surface area contributed by atoms with Gasteiger partial charge in [-0.25, -0.2) is 8.78 Å². The Morgan fingerprint density at radius 3 is 2.19 bits per heavy atom. The number of hydrogen-bond acceptors (Lipinski definition) is 1. The van der Waals surface area contributed by atoms with Gasteiger partial charge in [-0.1, -0.05) is 12.1 Å². The average Bonchev–Trinajstić information content (AvgIpc) is 2.42. The molecule has 0 amide bonds. The molecule has 1 unspecified atom stereocenters. The maximum absolute atomic E-state index is 13.9. The van der Waals surface area contributed by atoms with Crippen LogP contribution >= 0.6 is 11.6 Å². The normalized spacial score (nSPS) is 12.5. The number of benzene rings is 2. The maximum Gasteiger partial charge on any atom is 0.131 e. The number of alkyl halides is 1. The molecule has 0 heterocycles. The molecule has 0 saturated heterocycles. The summed E-state index contributed by atoms with van der Waals surface area (Å²) in [5, 5.41) is -0.669. The molecule has 2 aromatic carbocycles. The van der Waals surface area contributed by atoms with E-state index >= 15 is 0 Å². The smallest absolute Gasteiger partial charge is 0.131 e. The first kappa shape index (κ1) is 15.8. The number of ether oxygens (including phenoxy) is 1. The van der Waals surface area contributed by atoms with Gasteiger partial charge in [0.2, 0.25) is 0 Å². The predicted octanol–water partition coefficient (Wildman–Crippen LogP) is 5.39. The van der Waals surface area contributed by atoms with Crippen molar-refractivity contribution in [3.8, 4) is 5.75 Å². The molecule has 0 spiro atoms. The largest absolute Gasteiger partial charge is 0.491 e. The summed E-state index contributed by atoms with van der Waals surface area (Å²) in [6.45, 7) is 5.46. The van der Waals surface area contributed by atoms with Gasteiger partial charge in [0.05, 0.1) is 11.5 Å². The Bertz CT molecular complexity index is 623. The second-order valence-corrected chi connectivity index (χ2v) is 5.66. The second-order valence-electron chi connectivity index (χ2n) is 5.22. The van der Waals surface area contributed by atoms with Crippen molar-refractivity contribution in [2.75, 3.05) is 0 Å². The molecule has 0 aliphatic rings. The van der Waals surface area contributed by atoms with Crippen LogP contribution in [0.4, 0.5) is 8.78 Å². The first-order valence-electron chi connectivity index (χ1n) is 6.74. The Hall–Kier alpha value is -1.61. The van der Waals surface area contributed by atoms with Crippen molar-refractivity contribution in [3.05, 3.63) is 64.7 Å². The van der Waals surface area contributed by atoms with Crippen molar-refractivity contribution in [3.63, 3.8) is 0 Å². The highest BCUT2D eigenvalue weighted by molar-refractivity contribution is 6.22. The maximum atomic E-state index is 13.9. The SMILES string of the molecule is Cc1cc(C(Cl)c2ccc(OC(C)C)cc2)c(F)cc1F. The minimum absolute atomic E-state index is 0.0832. The fourth-order valence-electron chi connectivity index (χ4n) is 2.04. The Morgan fingerprint density at radius 2 is 1.62 bits per heavy atom. The van der Waals surface area contributed by atoms with Crippen LogP contribution in [0.25, 0.3) is 0 Å². The summed E-state index contributed by atoms with van der Waals surface area (Å²) in [5.41, 5.74) is 1.38. The van der Waals surface area contributed by atoms with Crippen LogP contribution in [0.3, 0.4) is 0 Å². The van der Waals surface area contributed by atoms with Crippen LogP contribution in [-0.4, -0.2) is 6.10 Å². The van der Waals surface area contributed by atoms with E-state index in [4.69, 9.17) is 16.3 Å². The minimum Gasteiger partial charge on any atom is -0.491 e. The molecule has 0 radical (unpaired) electrons. The predicted molar refractivity (Wildman–Crippen MR) is 81.0 cm³/mol. The van der Waals surface area contributed by atoms with Crippen LogP contribution in [0.2, 0.25) is 0 Å². The van der Waals surface area contributed by atoms with Crippen molar-refractivity contribution in [2.24, 2.45) is 0 Å². The van der Waals surface area contributed by atoms with Crippen molar-refractivity contribution in [1.29, 1.82) is 0 Å². The van der Waals surface area contributed by atoms with E-state index in [1.807, 2.05) is 13.8 Å². The van der Waals surface area contributed by atoms with E-state index in [1.54, 1.807) is 31.2 Å². The standard InChI is InChI=1S/C17H17ClF2O/c1-10(2)21-13-6-4-12(5-7-13)17(18)14-8-11(3)15(19)9-16(14)20/h4-10,17H,1-3H3. The Morgan fingerprint density at radius 1 is 1.00 bits per heavy atom. The lowest BCUT2D eigenvalue weighted by Gasteiger charge is -2.14. The van der Waals surface area contributed by atoms with Crippen molar-refractivity contribution >= 4 is 11.6 Å². The first-order chi connectivity index (χ1) is 9.88. The Labute approximate surface area is 128 Å². The van der Waals surface area contributed by atoms with Crippen LogP contribution in [0, 0.1) is 18.6 Å². The van der Waals surface area contributed by atoms with E-state index in [-0.39, 0.29) is 11.7 Å². The van der Waals surface area contributed by atoms with Gasteiger partial charge >= 0.3 is 0 Å². The molecular weight excluding hydrogens is 294 g/mol. The van der Waals surface area contributed by atoms with E-state index in [0.29, 0.717) is 5.56 Å². The van der Waals surface area contributed by atoms with Crippen molar-refractivity contribution in [1.82, 2.24) is 0 Å². The minimum atomic E-state index is -0.669. The fraction of sp³-hybridized carbons (Fsp3) is 0.294. The van der Waals surface area contributed by atoms with Gasteiger partial charge in [-0.2, -0.15) is 0 Å².